The monoisotopic (exact) mass is 204 g/mol. The number of nitrogens with two attached hydrogens (primary N) is 1. The standard InChI is InChI=1S/C12H16N2O/c1-3-9(2)14-12(15)11(13)10-7-5-4-6-8-10/h3-9,11H,1,13H2,2H3,(H,14,15). The van der Waals surface area contributed by atoms with Gasteiger partial charge in [0.05, 0.1) is 0 Å². The Hall–Kier alpha value is -1.61. The van der Waals surface area contributed by atoms with Gasteiger partial charge in [-0.15, -0.1) is 6.58 Å². The maximum absolute atomic E-state index is 11.6. The lowest BCUT2D eigenvalue weighted by Gasteiger charge is -2.14. The zero-order valence-electron chi connectivity index (χ0n) is 8.81. The van der Waals surface area contributed by atoms with E-state index in [0.717, 1.165) is 5.56 Å². The first-order valence-corrected chi connectivity index (χ1v) is 4.88. The number of rotatable bonds is 4. The van der Waals surface area contributed by atoms with Crippen molar-refractivity contribution in [2.45, 2.75) is 19.0 Å². The predicted molar refractivity (Wildman–Crippen MR) is 61.2 cm³/mol. The van der Waals surface area contributed by atoms with Crippen LogP contribution in [0.3, 0.4) is 0 Å². The van der Waals surface area contributed by atoms with Crippen molar-refractivity contribution in [3.05, 3.63) is 48.6 Å². The maximum atomic E-state index is 11.6. The summed E-state index contributed by atoms with van der Waals surface area (Å²) in [5.41, 5.74) is 6.61. The molecule has 0 aromatic heterocycles. The van der Waals surface area contributed by atoms with Crippen LogP contribution in [0.5, 0.6) is 0 Å². The van der Waals surface area contributed by atoms with Gasteiger partial charge >= 0.3 is 0 Å². The average Bonchev–Trinajstić information content (AvgIpc) is 2.29. The van der Waals surface area contributed by atoms with E-state index in [1.807, 2.05) is 37.3 Å². The van der Waals surface area contributed by atoms with Crippen molar-refractivity contribution in [2.24, 2.45) is 5.73 Å². The fourth-order valence-corrected chi connectivity index (χ4v) is 1.18. The molecule has 0 bridgehead atoms. The van der Waals surface area contributed by atoms with Gasteiger partial charge in [-0.25, -0.2) is 0 Å². The Bertz CT molecular complexity index is 335. The van der Waals surface area contributed by atoms with Crippen molar-refractivity contribution in [3.8, 4) is 0 Å². The summed E-state index contributed by atoms with van der Waals surface area (Å²) in [5.74, 6) is -0.186. The average molecular weight is 204 g/mol. The van der Waals surface area contributed by atoms with Crippen LogP contribution in [0.15, 0.2) is 43.0 Å². The molecular weight excluding hydrogens is 188 g/mol. The third kappa shape index (κ3) is 3.22. The van der Waals surface area contributed by atoms with Crippen LogP contribution >= 0.6 is 0 Å². The van der Waals surface area contributed by atoms with Gasteiger partial charge in [0, 0.05) is 6.04 Å². The molecule has 0 saturated carbocycles. The summed E-state index contributed by atoms with van der Waals surface area (Å²) in [4.78, 5) is 11.6. The molecule has 1 aromatic carbocycles. The van der Waals surface area contributed by atoms with E-state index in [0.29, 0.717) is 0 Å². The first kappa shape index (κ1) is 11.5. The largest absolute Gasteiger partial charge is 0.349 e. The smallest absolute Gasteiger partial charge is 0.241 e. The maximum Gasteiger partial charge on any atom is 0.241 e. The van der Waals surface area contributed by atoms with Crippen LogP contribution in [0, 0.1) is 0 Å². The molecule has 1 amide bonds. The molecule has 3 N–H and O–H groups in total. The minimum atomic E-state index is -0.617. The van der Waals surface area contributed by atoms with E-state index in [-0.39, 0.29) is 11.9 Å². The summed E-state index contributed by atoms with van der Waals surface area (Å²) in [7, 11) is 0. The molecule has 3 heteroatoms. The molecule has 0 heterocycles. The zero-order chi connectivity index (χ0) is 11.3. The summed E-state index contributed by atoms with van der Waals surface area (Å²) in [5, 5.41) is 2.75. The number of nitrogens with one attached hydrogen (secondary N) is 1. The lowest BCUT2D eigenvalue weighted by Crippen LogP contribution is -2.38. The lowest BCUT2D eigenvalue weighted by molar-refractivity contribution is -0.122. The van der Waals surface area contributed by atoms with Gasteiger partial charge in [0.15, 0.2) is 0 Å². The molecule has 3 nitrogen and oxygen atoms in total. The second kappa shape index (κ2) is 5.32. The minimum absolute atomic E-state index is 0.0627. The van der Waals surface area contributed by atoms with Crippen LogP contribution in [0.2, 0.25) is 0 Å². The fraction of sp³-hybridized carbons (Fsp3) is 0.250. The Morgan fingerprint density at radius 2 is 2.07 bits per heavy atom. The van der Waals surface area contributed by atoms with E-state index in [1.54, 1.807) is 6.08 Å². The molecule has 1 aromatic rings. The minimum Gasteiger partial charge on any atom is -0.349 e. The highest BCUT2D eigenvalue weighted by Gasteiger charge is 2.15. The predicted octanol–water partition coefficient (Wildman–Crippen LogP) is 1.38. The molecule has 0 fully saturated rings. The van der Waals surface area contributed by atoms with Crippen molar-refractivity contribution in [2.75, 3.05) is 0 Å². The van der Waals surface area contributed by atoms with Gasteiger partial charge in [-0.3, -0.25) is 4.79 Å². The van der Waals surface area contributed by atoms with E-state index in [1.165, 1.54) is 0 Å². The van der Waals surface area contributed by atoms with Crippen LogP contribution in [-0.2, 0) is 4.79 Å². The number of hydrogen-bond acceptors (Lipinski definition) is 2. The van der Waals surface area contributed by atoms with Gasteiger partial charge in [0.25, 0.3) is 0 Å². The van der Waals surface area contributed by atoms with Crippen LogP contribution in [0.1, 0.15) is 18.5 Å². The molecule has 2 unspecified atom stereocenters. The topological polar surface area (TPSA) is 55.1 Å². The molecule has 0 saturated heterocycles. The first-order valence-electron chi connectivity index (χ1n) is 4.88. The summed E-state index contributed by atoms with van der Waals surface area (Å²) in [6, 6.07) is 8.60. The van der Waals surface area contributed by atoms with Crippen molar-refractivity contribution < 1.29 is 4.79 Å². The molecular formula is C12H16N2O. The fourth-order valence-electron chi connectivity index (χ4n) is 1.18. The van der Waals surface area contributed by atoms with E-state index in [9.17, 15) is 4.79 Å². The number of amides is 1. The molecule has 80 valence electrons. The summed E-state index contributed by atoms with van der Waals surface area (Å²) >= 11 is 0. The van der Waals surface area contributed by atoms with Crippen LogP contribution in [0.25, 0.3) is 0 Å². The zero-order valence-corrected chi connectivity index (χ0v) is 8.81. The molecule has 0 aliphatic heterocycles. The van der Waals surface area contributed by atoms with Gasteiger partial charge in [-0.2, -0.15) is 0 Å². The highest BCUT2D eigenvalue weighted by molar-refractivity contribution is 5.83. The highest BCUT2D eigenvalue weighted by atomic mass is 16.2. The Morgan fingerprint density at radius 1 is 1.47 bits per heavy atom. The second-order valence-electron chi connectivity index (χ2n) is 3.42. The van der Waals surface area contributed by atoms with Crippen molar-refractivity contribution >= 4 is 5.91 Å². The van der Waals surface area contributed by atoms with E-state index in [2.05, 4.69) is 11.9 Å². The number of carbonyl (C=O) groups excluding carboxylic acids is 1. The lowest BCUT2D eigenvalue weighted by atomic mass is 10.1. The van der Waals surface area contributed by atoms with Gasteiger partial charge in [-0.05, 0) is 12.5 Å². The first-order chi connectivity index (χ1) is 7.15. The molecule has 15 heavy (non-hydrogen) atoms. The number of hydrogen-bond donors (Lipinski definition) is 2. The summed E-state index contributed by atoms with van der Waals surface area (Å²) in [6.07, 6.45) is 1.66. The van der Waals surface area contributed by atoms with Crippen LogP contribution in [0.4, 0.5) is 0 Å². The Balaban J connectivity index is 2.65. The normalized spacial score (nSPS) is 14.0. The van der Waals surface area contributed by atoms with E-state index >= 15 is 0 Å². The van der Waals surface area contributed by atoms with E-state index < -0.39 is 6.04 Å². The van der Waals surface area contributed by atoms with Crippen molar-refractivity contribution in [1.29, 1.82) is 0 Å². The summed E-state index contributed by atoms with van der Waals surface area (Å²) < 4.78 is 0. The van der Waals surface area contributed by atoms with Gasteiger partial charge in [0.2, 0.25) is 5.91 Å². The molecule has 0 spiro atoms. The Labute approximate surface area is 90.0 Å². The highest BCUT2D eigenvalue weighted by Crippen LogP contribution is 2.09. The molecule has 0 radical (unpaired) electrons. The van der Waals surface area contributed by atoms with Crippen molar-refractivity contribution in [1.82, 2.24) is 5.32 Å². The molecule has 0 aliphatic rings. The molecule has 1 rings (SSSR count). The van der Waals surface area contributed by atoms with Crippen LogP contribution in [-0.4, -0.2) is 11.9 Å². The second-order valence-corrected chi connectivity index (χ2v) is 3.42. The molecule has 2 atom stereocenters. The van der Waals surface area contributed by atoms with E-state index in [4.69, 9.17) is 5.73 Å². The summed E-state index contributed by atoms with van der Waals surface area (Å²) in [6.45, 7) is 5.44. The SMILES string of the molecule is C=CC(C)NC(=O)C(N)c1ccccc1. The third-order valence-corrected chi connectivity index (χ3v) is 2.16. The number of carbonyl (C=O) groups is 1. The van der Waals surface area contributed by atoms with Crippen molar-refractivity contribution in [3.63, 3.8) is 0 Å². The quantitative estimate of drug-likeness (QED) is 0.728. The van der Waals surface area contributed by atoms with Gasteiger partial charge < -0.3 is 11.1 Å². The molecule has 0 aliphatic carbocycles. The van der Waals surface area contributed by atoms with Gasteiger partial charge in [0.1, 0.15) is 6.04 Å². The third-order valence-electron chi connectivity index (χ3n) is 2.16. The van der Waals surface area contributed by atoms with Gasteiger partial charge in [-0.1, -0.05) is 36.4 Å². The van der Waals surface area contributed by atoms with Crippen LogP contribution < -0.4 is 11.1 Å². The Morgan fingerprint density at radius 3 is 2.60 bits per heavy atom. The Kier molecular flexibility index (Phi) is 4.06. The number of benzene rings is 1.